The third-order valence-corrected chi connectivity index (χ3v) is 2.60. The molecule has 1 aromatic carbocycles. The van der Waals surface area contributed by atoms with Crippen molar-refractivity contribution >= 4 is 22.6 Å². The molecule has 2 aromatic rings. The van der Waals surface area contributed by atoms with Crippen molar-refractivity contribution in [2.45, 2.75) is 6.10 Å². The Morgan fingerprint density at radius 3 is 3.06 bits per heavy atom. The second-order valence-electron chi connectivity index (χ2n) is 3.51. The summed E-state index contributed by atoms with van der Waals surface area (Å²) < 4.78 is 10.7. The van der Waals surface area contributed by atoms with E-state index < -0.39 is 6.10 Å². The lowest BCUT2D eigenvalue weighted by atomic mass is 10.2. The Morgan fingerprint density at radius 1 is 1.53 bits per heavy atom. The van der Waals surface area contributed by atoms with Crippen molar-refractivity contribution in [3.05, 3.63) is 30.0 Å². The monoisotopic (exact) mass is 251 g/mol. The quantitative estimate of drug-likeness (QED) is 0.847. The number of aliphatic hydroxyl groups is 1. The Kier molecular flexibility index (Phi) is 3.52. The van der Waals surface area contributed by atoms with E-state index in [0.717, 1.165) is 0 Å². The summed E-state index contributed by atoms with van der Waals surface area (Å²) in [5.41, 5.74) is 0.583. The van der Waals surface area contributed by atoms with Gasteiger partial charge in [0.2, 0.25) is 5.76 Å². The minimum absolute atomic E-state index is 0.107. The van der Waals surface area contributed by atoms with E-state index in [1.165, 1.54) is 0 Å². The highest BCUT2D eigenvalue weighted by molar-refractivity contribution is 6.18. The first-order valence-corrected chi connectivity index (χ1v) is 5.57. The van der Waals surface area contributed by atoms with Gasteiger partial charge in [-0.15, -0.1) is 11.6 Å². The fourth-order valence-electron chi connectivity index (χ4n) is 1.45. The topological polar surface area (TPSA) is 66.4 Å². The van der Waals surface area contributed by atoms with Crippen molar-refractivity contribution in [1.29, 1.82) is 5.26 Å². The molecule has 4 nitrogen and oxygen atoms in total. The highest BCUT2D eigenvalue weighted by atomic mass is 35.5. The number of halogens is 1. The van der Waals surface area contributed by atoms with Crippen molar-refractivity contribution in [2.75, 3.05) is 12.5 Å². The first kappa shape index (κ1) is 11.8. The van der Waals surface area contributed by atoms with Crippen LogP contribution in [0.5, 0.6) is 5.75 Å². The molecule has 0 aliphatic heterocycles. The molecule has 0 spiro atoms. The lowest BCUT2D eigenvalue weighted by Crippen LogP contribution is -2.18. The maximum Gasteiger partial charge on any atom is 0.204 e. The molecule has 5 heteroatoms. The van der Waals surface area contributed by atoms with Gasteiger partial charge in [0.25, 0.3) is 0 Å². The number of rotatable bonds is 4. The number of hydrogen-bond donors (Lipinski definition) is 1. The first-order chi connectivity index (χ1) is 8.24. The van der Waals surface area contributed by atoms with Crippen LogP contribution in [0, 0.1) is 11.3 Å². The Hall–Kier alpha value is -1.70. The number of alkyl halides is 1. The molecule has 1 atom stereocenters. The molecule has 1 N–H and O–H groups in total. The molecule has 2 rings (SSSR count). The zero-order chi connectivity index (χ0) is 12.3. The smallest absolute Gasteiger partial charge is 0.204 e. The Labute approximate surface area is 103 Å². The van der Waals surface area contributed by atoms with Crippen molar-refractivity contribution in [3.63, 3.8) is 0 Å². The molecule has 0 bridgehead atoms. The molecule has 0 aliphatic rings. The number of ether oxygens (including phenoxy) is 1. The average molecular weight is 252 g/mol. The second-order valence-corrected chi connectivity index (χ2v) is 3.82. The molecule has 0 saturated carbocycles. The molecule has 1 aromatic heterocycles. The van der Waals surface area contributed by atoms with Gasteiger partial charge < -0.3 is 14.3 Å². The van der Waals surface area contributed by atoms with Gasteiger partial charge in [-0.3, -0.25) is 0 Å². The SMILES string of the molecule is N#Cc1cc2c(OCC(O)CCl)cccc2o1. The summed E-state index contributed by atoms with van der Waals surface area (Å²) in [6, 6.07) is 8.80. The summed E-state index contributed by atoms with van der Waals surface area (Å²) in [5, 5.41) is 18.8. The highest BCUT2D eigenvalue weighted by Gasteiger charge is 2.10. The van der Waals surface area contributed by atoms with Gasteiger partial charge in [-0.1, -0.05) is 6.07 Å². The van der Waals surface area contributed by atoms with Crippen LogP contribution < -0.4 is 4.74 Å². The minimum atomic E-state index is -0.714. The third kappa shape index (κ3) is 2.52. The van der Waals surface area contributed by atoms with Gasteiger partial charge in [0.15, 0.2) is 0 Å². The molecule has 88 valence electrons. The Balaban J connectivity index is 2.28. The Bertz CT molecular complexity index is 558. The predicted molar refractivity (Wildman–Crippen MR) is 63.2 cm³/mol. The van der Waals surface area contributed by atoms with Crippen LogP contribution in [0.15, 0.2) is 28.7 Å². The van der Waals surface area contributed by atoms with Crippen LogP contribution in [0.2, 0.25) is 0 Å². The van der Waals surface area contributed by atoms with E-state index in [-0.39, 0.29) is 18.2 Å². The van der Waals surface area contributed by atoms with Crippen LogP contribution in [0.1, 0.15) is 5.76 Å². The number of benzene rings is 1. The van der Waals surface area contributed by atoms with E-state index in [4.69, 9.17) is 26.0 Å². The number of nitriles is 1. The highest BCUT2D eigenvalue weighted by Crippen LogP contribution is 2.28. The van der Waals surface area contributed by atoms with Crippen molar-refractivity contribution in [2.24, 2.45) is 0 Å². The van der Waals surface area contributed by atoms with Crippen molar-refractivity contribution in [1.82, 2.24) is 0 Å². The summed E-state index contributed by atoms with van der Waals surface area (Å²) in [5.74, 6) is 0.913. The van der Waals surface area contributed by atoms with Crippen LogP contribution >= 0.6 is 11.6 Å². The van der Waals surface area contributed by atoms with Gasteiger partial charge in [-0.2, -0.15) is 5.26 Å². The van der Waals surface area contributed by atoms with E-state index in [1.807, 2.05) is 6.07 Å². The fourth-order valence-corrected chi connectivity index (χ4v) is 1.53. The molecule has 0 radical (unpaired) electrons. The van der Waals surface area contributed by atoms with Crippen LogP contribution in [-0.4, -0.2) is 23.7 Å². The summed E-state index contributed by atoms with van der Waals surface area (Å²) in [4.78, 5) is 0. The maximum absolute atomic E-state index is 9.31. The minimum Gasteiger partial charge on any atom is -0.490 e. The molecule has 0 fully saturated rings. The summed E-state index contributed by atoms with van der Waals surface area (Å²) in [7, 11) is 0. The average Bonchev–Trinajstić information content (AvgIpc) is 2.79. The lowest BCUT2D eigenvalue weighted by molar-refractivity contribution is 0.126. The van der Waals surface area contributed by atoms with Gasteiger partial charge in [-0.05, 0) is 12.1 Å². The number of nitrogens with zero attached hydrogens (tertiary/aromatic N) is 1. The number of aliphatic hydroxyl groups excluding tert-OH is 1. The van der Waals surface area contributed by atoms with Gasteiger partial charge in [0.1, 0.15) is 30.1 Å². The molecular weight excluding hydrogens is 242 g/mol. The van der Waals surface area contributed by atoms with E-state index in [9.17, 15) is 5.11 Å². The van der Waals surface area contributed by atoms with E-state index in [2.05, 4.69) is 0 Å². The van der Waals surface area contributed by atoms with Crippen LogP contribution in [0.3, 0.4) is 0 Å². The first-order valence-electron chi connectivity index (χ1n) is 5.04. The molecule has 0 amide bonds. The summed E-state index contributed by atoms with van der Waals surface area (Å²) in [6.45, 7) is 0.107. The van der Waals surface area contributed by atoms with E-state index >= 15 is 0 Å². The standard InChI is InChI=1S/C12H10ClNO3/c13-5-8(15)7-16-11-2-1-3-12-10(11)4-9(6-14)17-12/h1-4,8,15H,5,7H2. The van der Waals surface area contributed by atoms with E-state index in [0.29, 0.717) is 16.7 Å². The van der Waals surface area contributed by atoms with Gasteiger partial charge in [0.05, 0.1) is 11.3 Å². The van der Waals surface area contributed by atoms with Gasteiger partial charge in [0, 0.05) is 6.07 Å². The Morgan fingerprint density at radius 2 is 2.35 bits per heavy atom. The number of furan rings is 1. The largest absolute Gasteiger partial charge is 0.490 e. The number of hydrogen-bond acceptors (Lipinski definition) is 4. The number of fused-ring (bicyclic) bond motifs is 1. The fraction of sp³-hybridized carbons (Fsp3) is 0.250. The zero-order valence-corrected chi connectivity index (χ0v) is 9.65. The summed E-state index contributed by atoms with van der Waals surface area (Å²) >= 11 is 5.47. The van der Waals surface area contributed by atoms with Crippen LogP contribution in [-0.2, 0) is 0 Å². The van der Waals surface area contributed by atoms with Crippen molar-refractivity contribution in [3.8, 4) is 11.8 Å². The maximum atomic E-state index is 9.31. The molecule has 1 unspecified atom stereocenters. The van der Waals surface area contributed by atoms with Gasteiger partial charge >= 0.3 is 0 Å². The third-order valence-electron chi connectivity index (χ3n) is 2.24. The van der Waals surface area contributed by atoms with Crippen molar-refractivity contribution < 1.29 is 14.3 Å². The van der Waals surface area contributed by atoms with Crippen LogP contribution in [0.25, 0.3) is 11.0 Å². The molecule has 0 saturated heterocycles. The summed E-state index contributed by atoms with van der Waals surface area (Å²) in [6.07, 6.45) is -0.714. The van der Waals surface area contributed by atoms with E-state index in [1.54, 1.807) is 24.3 Å². The second kappa shape index (κ2) is 5.09. The van der Waals surface area contributed by atoms with Gasteiger partial charge in [-0.25, -0.2) is 0 Å². The zero-order valence-electron chi connectivity index (χ0n) is 8.89. The molecule has 0 aliphatic carbocycles. The normalized spacial score (nSPS) is 12.3. The molecule has 1 heterocycles. The van der Waals surface area contributed by atoms with Crippen LogP contribution in [0.4, 0.5) is 0 Å². The predicted octanol–water partition coefficient (Wildman–Crippen LogP) is 2.28. The lowest BCUT2D eigenvalue weighted by Gasteiger charge is -2.09. The molecular formula is C12H10ClNO3. The molecule has 17 heavy (non-hydrogen) atoms.